The van der Waals surface area contributed by atoms with Gasteiger partial charge in [0, 0.05) is 34.6 Å². The van der Waals surface area contributed by atoms with Gasteiger partial charge in [0.15, 0.2) is 11.7 Å². The zero-order valence-electron chi connectivity index (χ0n) is 25.0. The molecule has 6 rings (SSSR count). The lowest BCUT2D eigenvalue weighted by molar-refractivity contribution is -0.118. The van der Waals surface area contributed by atoms with Crippen LogP contribution in [0.5, 0.6) is 5.75 Å². The van der Waals surface area contributed by atoms with Crippen LogP contribution in [0.4, 0.5) is 11.4 Å². The highest BCUT2D eigenvalue weighted by Crippen LogP contribution is 2.44. The molecule has 3 aromatic carbocycles. The SMILES string of the molecule is CCc1ccccc1-n1c(C)cc(C2C(c3ccccn3)NC(=S)N2c2ccc(NC(=O)COc3ccccc3)cc2)c1C. The van der Waals surface area contributed by atoms with Crippen LogP contribution in [0.3, 0.4) is 0 Å². The average molecular weight is 602 g/mol. The summed E-state index contributed by atoms with van der Waals surface area (Å²) in [6.07, 6.45) is 2.77. The van der Waals surface area contributed by atoms with Crippen LogP contribution in [0.2, 0.25) is 0 Å². The summed E-state index contributed by atoms with van der Waals surface area (Å²) in [5, 5.41) is 7.11. The van der Waals surface area contributed by atoms with Gasteiger partial charge in [-0.2, -0.15) is 0 Å². The summed E-state index contributed by atoms with van der Waals surface area (Å²) in [7, 11) is 0. The second-order valence-corrected chi connectivity index (χ2v) is 11.2. The van der Waals surface area contributed by atoms with E-state index in [0.717, 1.165) is 29.2 Å². The van der Waals surface area contributed by atoms with Gasteiger partial charge in [-0.25, -0.2) is 0 Å². The molecule has 2 N–H and O–H groups in total. The number of ether oxygens (including phenoxy) is 1. The summed E-state index contributed by atoms with van der Waals surface area (Å²) in [6, 6.07) is 33.6. The standard InChI is InChI=1S/C36H35N5O2S/c1-4-26-12-8-9-16-32(26)40-24(2)22-30(25(40)3)35-34(31-15-10-11-21-37-31)39-36(44)41(35)28-19-17-27(18-20-28)38-33(42)23-43-29-13-6-5-7-14-29/h5-22,34-35H,4,23H2,1-3H3,(H,38,42)(H,39,44). The molecule has 222 valence electrons. The first-order valence-electron chi connectivity index (χ1n) is 14.8. The number of pyridine rings is 1. The van der Waals surface area contributed by atoms with Crippen LogP contribution >= 0.6 is 12.2 Å². The third-order valence-electron chi connectivity index (χ3n) is 8.04. The summed E-state index contributed by atoms with van der Waals surface area (Å²) in [6.45, 7) is 6.45. The Hall–Kier alpha value is -4.95. The summed E-state index contributed by atoms with van der Waals surface area (Å²) in [5.41, 5.74) is 8.51. The number of aromatic nitrogens is 2. The molecule has 2 atom stereocenters. The maximum absolute atomic E-state index is 12.6. The minimum atomic E-state index is -0.229. The number of para-hydroxylation sites is 2. The highest BCUT2D eigenvalue weighted by Gasteiger charge is 2.42. The lowest BCUT2D eigenvalue weighted by Crippen LogP contribution is -2.29. The fraction of sp³-hybridized carbons (Fsp3) is 0.194. The van der Waals surface area contributed by atoms with E-state index in [1.165, 1.54) is 16.8 Å². The van der Waals surface area contributed by atoms with Gasteiger partial charge in [0.25, 0.3) is 5.91 Å². The van der Waals surface area contributed by atoms with Crippen LogP contribution in [0.15, 0.2) is 109 Å². The first-order chi connectivity index (χ1) is 21.4. The van der Waals surface area contributed by atoms with Crippen molar-refractivity contribution in [2.75, 3.05) is 16.8 Å². The minimum absolute atomic E-state index is 0.0729. The summed E-state index contributed by atoms with van der Waals surface area (Å²) in [5.74, 6) is 0.423. The fourth-order valence-electron chi connectivity index (χ4n) is 6.00. The van der Waals surface area contributed by atoms with Crippen LogP contribution in [-0.4, -0.2) is 27.2 Å². The Morgan fingerprint density at radius 1 is 0.955 bits per heavy atom. The molecule has 0 radical (unpaired) electrons. The molecule has 1 fully saturated rings. The van der Waals surface area contributed by atoms with Gasteiger partial charge in [-0.1, -0.05) is 49.4 Å². The van der Waals surface area contributed by atoms with Crippen molar-refractivity contribution < 1.29 is 9.53 Å². The third kappa shape index (κ3) is 5.81. The van der Waals surface area contributed by atoms with Crippen molar-refractivity contribution in [3.05, 3.63) is 138 Å². The molecule has 2 unspecified atom stereocenters. The van der Waals surface area contributed by atoms with Crippen molar-refractivity contribution in [3.63, 3.8) is 0 Å². The van der Waals surface area contributed by atoms with E-state index in [0.29, 0.717) is 16.5 Å². The Kier molecular flexibility index (Phi) is 8.43. The molecule has 1 aliphatic heterocycles. The normalized spacial score (nSPS) is 16.1. The number of rotatable bonds is 9. The number of carbonyl (C=O) groups excluding carboxylic acids is 1. The first-order valence-corrected chi connectivity index (χ1v) is 15.2. The zero-order valence-corrected chi connectivity index (χ0v) is 25.8. The van der Waals surface area contributed by atoms with E-state index in [2.05, 4.69) is 71.2 Å². The molecule has 0 saturated carbocycles. The van der Waals surface area contributed by atoms with E-state index in [9.17, 15) is 4.79 Å². The number of amides is 1. The van der Waals surface area contributed by atoms with E-state index in [1.54, 1.807) is 0 Å². The highest BCUT2D eigenvalue weighted by atomic mass is 32.1. The van der Waals surface area contributed by atoms with E-state index in [4.69, 9.17) is 21.9 Å². The summed E-state index contributed by atoms with van der Waals surface area (Å²) >= 11 is 5.97. The molecule has 0 spiro atoms. The number of nitrogens with one attached hydrogen (secondary N) is 2. The van der Waals surface area contributed by atoms with Gasteiger partial charge in [-0.15, -0.1) is 0 Å². The van der Waals surface area contributed by atoms with E-state index < -0.39 is 0 Å². The molecular weight excluding hydrogens is 566 g/mol. The van der Waals surface area contributed by atoms with Crippen LogP contribution in [0, 0.1) is 13.8 Å². The maximum atomic E-state index is 12.6. The Labute approximate surface area is 263 Å². The molecule has 0 aliphatic carbocycles. The smallest absolute Gasteiger partial charge is 0.262 e. The largest absolute Gasteiger partial charge is 0.484 e. The molecule has 5 aromatic rings. The number of anilines is 2. The molecule has 8 heteroatoms. The summed E-state index contributed by atoms with van der Waals surface area (Å²) in [4.78, 5) is 19.4. The molecule has 1 aliphatic rings. The van der Waals surface area contributed by atoms with Gasteiger partial charge >= 0.3 is 0 Å². The third-order valence-corrected chi connectivity index (χ3v) is 8.36. The maximum Gasteiger partial charge on any atom is 0.262 e. The number of thiocarbonyl (C=S) groups is 1. The second kappa shape index (κ2) is 12.7. The number of nitrogens with zero attached hydrogens (tertiary/aromatic N) is 3. The van der Waals surface area contributed by atoms with Crippen molar-refractivity contribution in [2.45, 2.75) is 39.3 Å². The Morgan fingerprint density at radius 2 is 1.68 bits per heavy atom. The molecule has 44 heavy (non-hydrogen) atoms. The second-order valence-electron chi connectivity index (χ2n) is 10.8. The monoisotopic (exact) mass is 601 g/mol. The van der Waals surface area contributed by atoms with Crippen molar-refractivity contribution >= 4 is 34.6 Å². The lowest BCUT2D eigenvalue weighted by atomic mass is 9.96. The number of hydrogen-bond acceptors (Lipinski definition) is 4. The Bertz CT molecular complexity index is 1770. The molecule has 1 saturated heterocycles. The van der Waals surface area contributed by atoms with Gasteiger partial charge in [-0.05, 0) is 104 Å². The molecule has 1 amide bonds. The van der Waals surface area contributed by atoms with Crippen molar-refractivity contribution in [3.8, 4) is 11.4 Å². The van der Waals surface area contributed by atoms with Crippen LogP contribution in [0.1, 0.15) is 47.2 Å². The first kappa shape index (κ1) is 29.1. The molecule has 7 nitrogen and oxygen atoms in total. The molecule has 0 bridgehead atoms. The van der Waals surface area contributed by atoms with Gasteiger partial charge in [0.1, 0.15) is 5.75 Å². The van der Waals surface area contributed by atoms with Crippen LogP contribution < -0.4 is 20.3 Å². The molecular formula is C36H35N5O2S. The highest BCUT2D eigenvalue weighted by molar-refractivity contribution is 7.80. The number of aryl methyl sites for hydroxylation is 2. The number of hydrogen-bond donors (Lipinski definition) is 2. The van der Waals surface area contributed by atoms with Gasteiger partial charge in [-0.3, -0.25) is 9.78 Å². The zero-order chi connectivity index (χ0) is 30.6. The number of carbonyl (C=O) groups is 1. The van der Waals surface area contributed by atoms with Crippen LogP contribution in [-0.2, 0) is 11.2 Å². The van der Waals surface area contributed by atoms with E-state index in [1.807, 2.05) is 79.0 Å². The Balaban J connectivity index is 1.32. The van der Waals surface area contributed by atoms with Crippen molar-refractivity contribution in [1.82, 2.24) is 14.9 Å². The predicted molar refractivity (Wildman–Crippen MR) is 180 cm³/mol. The van der Waals surface area contributed by atoms with E-state index >= 15 is 0 Å². The fourth-order valence-corrected chi connectivity index (χ4v) is 6.35. The minimum Gasteiger partial charge on any atom is -0.484 e. The van der Waals surface area contributed by atoms with Crippen molar-refractivity contribution in [2.24, 2.45) is 0 Å². The molecule has 3 heterocycles. The van der Waals surface area contributed by atoms with E-state index in [-0.39, 0.29) is 24.6 Å². The average Bonchev–Trinajstić information content (AvgIpc) is 3.55. The van der Waals surface area contributed by atoms with Crippen LogP contribution in [0.25, 0.3) is 5.69 Å². The lowest BCUT2D eigenvalue weighted by Gasteiger charge is -2.28. The van der Waals surface area contributed by atoms with Crippen molar-refractivity contribution in [1.29, 1.82) is 0 Å². The van der Waals surface area contributed by atoms with Gasteiger partial charge < -0.3 is 24.8 Å². The Morgan fingerprint density at radius 3 is 2.41 bits per heavy atom. The number of benzene rings is 3. The summed E-state index contributed by atoms with van der Waals surface area (Å²) < 4.78 is 7.94. The van der Waals surface area contributed by atoms with Gasteiger partial charge in [0.2, 0.25) is 0 Å². The van der Waals surface area contributed by atoms with Gasteiger partial charge in [0.05, 0.1) is 17.8 Å². The quantitative estimate of drug-likeness (QED) is 0.174. The topological polar surface area (TPSA) is 71.4 Å². The molecule has 2 aromatic heterocycles. The predicted octanol–water partition coefficient (Wildman–Crippen LogP) is 7.25.